The van der Waals surface area contributed by atoms with E-state index in [1.54, 1.807) is 52.1 Å². The second-order valence-corrected chi connectivity index (χ2v) is 6.26. The zero-order chi connectivity index (χ0) is 21.4. The van der Waals surface area contributed by atoms with Gasteiger partial charge in [0.15, 0.2) is 0 Å². The maximum atomic E-state index is 12.9. The fourth-order valence-electron chi connectivity index (χ4n) is 2.87. The molecule has 1 N–H and O–H groups in total. The number of esters is 1. The number of aromatic nitrogens is 1. The largest absolute Gasteiger partial charge is 0.491 e. The summed E-state index contributed by atoms with van der Waals surface area (Å²) in [5, 5.41) is 9.53. The van der Waals surface area contributed by atoms with E-state index in [4.69, 9.17) is 14.2 Å². The molecule has 0 unspecified atom stereocenters. The lowest BCUT2D eigenvalue weighted by Crippen LogP contribution is -2.08. The van der Waals surface area contributed by atoms with Crippen LogP contribution in [0.1, 0.15) is 44.6 Å². The first-order valence-electron chi connectivity index (χ1n) is 9.17. The summed E-state index contributed by atoms with van der Waals surface area (Å²) in [6, 6.07) is 9.00. The Hall–Kier alpha value is -3.37. The lowest BCUT2D eigenvalue weighted by atomic mass is 10.0. The molecule has 0 amide bonds. The van der Waals surface area contributed by atoms with Crippen molar-refractivity contribution in [3.63, 3.8) is 0 Å². The van der Waals surface area contributed by atoms with Crippen molar-refractivity contribution in [2.75, 3.05) is 26.9 Å². The van der Waals surface area contributed by atoms with Gasteiger partial charge in [-0.15, -0.1) is 0 Å². The van der Waals surface area contributed by atoms with Crippen LogP contribution in [0.2, 0.25) is 0 Å². The molecule has 0 fully saturated rings. The smallest absolute Gasteiger partial charge is 0.340 e. The number of rotatable bonds is 9. The van der Waals surface area contributed by atoms with Crippen LogP contribution in [-0.2, 0) is 9.47 Å². The Morgan fingerprint density at radius 3 is 2.66 bits per heavy atom. The van der Waals surface area contributed by atoms with Gasteiger partial charge in [0.25, 0.3) is 0 Å². The highest BCUT2D eigenvalue weighted by molar-refractivity contribution is 6.15. The molecule has 2 aromatic rings. The predicted octanol–water partition coefficient (Wildman–Crippen LogP) is 3.62. The molecule has 1 aromatic carbocycles. The first-order valence-corrected chi connectivity index (χ1v) is 9.17. The molecule has 7 heteroatoms. The van der Waals surface area contributed by atoms with Gasteiger partial charge in [0, 0.05) is 12.8 Å². The van der Waals surface area contributed by atoms with Gasteiger partial charge in [0.05, 0.1) is 24.5 Å². The van der Waals surface area contributed by atoms with Crippen LogP contribution in [-0.4, -0.2) is 43.7 Å². The van der Waals surface area contributed by atoms with Gasteiger partial charge in [-0.1, -0.05) is 12.1 Å². The van der Waals surface area contributed by atoms with E-state index in [0.717, 1.165) is 0 Å². The standard InChI is InChI=1S/C22H24N2O5/c1-5-28-22(26)19-14(2)20(24-15(19)3)21(25)17(13-23)11-16-7-6-8-18(12-16)29-10-9-27-4/h6-8,11-12,24H,5,9-10H2,1-4H3/b17-11+. The Morgan fingerprint density at radius 1 is 1.24 bits per heavy atom. The molecule has 0 spiro atoms. The number of aryl methyl sites for hydroxylation is 1. The molecule has 0 bridgehead atoms. The van der Waals surface area contributed by atoms with E-state index in [1.165, 1.54) is 6.08 Å². The molecular formula is C22H24N2O5. The summed E-state index contributed by atoms with van der Waals surface area (Å²) in [4.78, 5) is 28.0. The maximum Gasteiger partial charge on any atom is 0.340 e. The monoisotopic (exact) mass is 396 g/mol. The van der Waals surface area contributed by atoms with Gasteiger partial charge >= 0.3 is 5.97 Å². The summed E-state index contributed by atoms with van der Waals surface area (Å²) in [5.74, 6) is -0.382. The minimum atomic E-state index is -0.499. The molecule has 0 aliphatic rings. The number of Topliss-reactive ketones (excluding diaryl/α,β-unsaturated/α-hetero) is 1. The van der Waals surface area contributed by atoms with E-state index >= 15 is 0 Å². The highest BCUT2D eigenvalue weighted by atomic mass is 16.5. The zero-order valence-corrected chi connectivity index (χ0v) is 17.0. The van der Waals surface area contributed by atoms with E-state index in [9.17, 15) is 14.9 Å². The third-order valence-corrected chi connectivity index (χ3v) is 4.23. The molecule has 0 saturated carbocycles. The fourth-order valence-corrected chi connectivity index (χ4v) is 2.87. The second-order valence-electron chi connectivity index (χ2n) is 6.26. The van der Waals surface area contributed by atoms with Crippen LogP contribution in [0.3, 0.4) is 0 Å². The van der Waals surface area contributed by atoms with Crippen molar-refractivity contribution in [3.8, 4) is 11.8 Å². The van der Waals surface area contributed by atoms with Crippen LogP contribution >= 0.6 is 0 Å². The molecule has 2 rings (SSSR count). The number of carbonyl (C=O) groups excluding carboxylic acids is 2. The Balaban J connectivity index is 2.32. The van der Waals surface area contributed by atoms with Gasteiger partial charge in [-0.2, -0.15) is 5.26 Å². The number of aromatic amines is 1. The third kappa shape index (κ3) is 5.33. The van der Waals surface area contributed by atoms with Crippen molar-refractivity contribution >= 4 is 17.8 Å². The van der Waals surface area contributed by atoms with Gasteiger partial charge in [0.2, 0.25) is 5.78 Å². The number of nitriles is 1. The summed E-state index contributed by atoms with van der Waals surface area (Å²) >= 11 is 0. The summed E-state index contributed by atoms with van der Waals surface area (Å²) in [5.41, 5.74) is 2.10. The Kier molecular flexibility index (Phi) is 7.75. The van der Waals surface area contributed by atoms with Crippen LogP contribution in [0.25, 0.3) is 6.08 Å². The molecule has 1 heterocycles. The fraction of sp³-hybridized carbons (Fsp3) is 0.318. The van der Waals surface area contributed by atoms with E-state index in [1.807, 2.05) is 6.07 Å². The molecular weight excluding hydrogens is 372 g/mol. The van der Waals surface area contributed by atoms with Crippen molar-refractivity contribution in [1.29, 1.82) is 5.26 Å². The highest BCUT2D eigenvalue weighted by Crippen LogP contribution is 2.23. The van der Waals surface area contributed by atoms with Gasteiger partial charge in [0.1, 0.15) is 24.0 Å². The Labute approximate surface area is 169 Å². The van der Waals surface area contributed by atoms with E-state index < -0.39 is 11.8 Å². The first kappa shape index (κ1) is 21.9. The summed E-state index contributed by atoms with van der Waals surface area (Å²) < 4.78 is 15.6. The lowest BCUT2D eigenvalue weighted by Gasteiger charge is -2.06. The quantitative estimate of drug-likeness (QED) is 0.228. The molecule has 0 radical (unpaired) electrons. The topological polar surface area (TPSA) is 101 Å². The number of ketones is 1. The summed E-state index contributed by atoms with van der Waals surface area (Å²) in [6.45, 7) is 6.14. The average molecular weight is 396 g/mol. The number of allylic oxidation sites excluding steroid dienone is 1. The molecule has 7 nitrogen and oxygen atoms in total. The Bertz CT molecular complexity index is 966. The van der Waals surface area contributed by atoms with Crippen LogP contribution < -0.4 is 4.74 Å². The van der Waals surface area contributed by atoms with Crippen LogP contribution in [0.5, 0.6) is 5.75 Å². The van der Waals surface area contributed by atoms with Gasteiger partial charge in [-0.25, -0.2) is 4.79 Å². The third-order valence-electron chi connectivity index (χ3n) is 4.23. The molecule has 0 atom stereocenters. The van der Waals surface area contributed by atoms with Gasteiger partial charge < -0.3 is 19.2 Å². The second kappa shape index (κ2) is 10.2. The van der Waals surface area contributed by atoms with Gasteiger partial charge in [-0.05, 0) is 50.1 Å². The number of nitrogens with zero attached hydrogens (tertiary/aromatic N) is 1. The SMILES string of the molecule is CCOC(=O)c1c(C)[nH]c(C(=O)/C(C#N)=C/c2cccc(OCCOC)c2)c1C. The van der Waals surface area contributed by atoms with E-state index in [2.05, 4.69) is 4.98 Å². The number of nitrogens with one attached hydrogen (secondary N) is 1. The number of methoxy groups -OCH3 is 1. The number of hydrogen-bond donors (Lipinski definition) is 1. The molecule has 0 aliphatic heterocycles. The van der Waals surface area contributed by atoms with Crippen molar-refractivity contribution in [2.45, 2.75) is 20.8 Å². The maximum absolute atomic E-state index is 12.9. The van der Waals surface area contributed by atoms with Crippen molar-refractivity contribution < 1.29 is 23.8 Å². The van der Waals surface area contributed by atoms with E-state index in [-0.39, 0.29) is 17.9 Å². The number of ether oxygens (including phenoxy) is 3. The van der Waals surface area contributed by atoms with E-state index in [0.29, 0.717) is 41.3 Å². The first-order chi connectivity index (χ1) is 13.9. The van der Waals surface area contributed by atoms with Crippen LogP contribution in [0.4, 0.5) is 0 Å². The molecule has 152 valence electrons. The number of hydrogen-bond acceptors (Lipinski definition) is 6. The Morgan fingerprint density at radius 2 is 2.00 bits per heavy atom. The van der Waals surface area contributed by atoms with Crippen LogP contribution in [0, 0.1) is 25.2 Å². The van der Waals surface area contributed by atoms with Gasteiger partial charge in [-0.3, -0.25) is 4.79 Å². The van der Waals surface area contributed by atoms with Crippen molar-refractivity contribution in [2.24, 2.45) is 0 Å². The summed E-state index contributed by atoms with van der Waals surface area (Å²) in [7, 11) is 1.59. The van der Waals surface area contributed by atoms with Crippen molar-refractivity contribution in [1.82, 2.24) is 4.98 Å². The average Bonchev–Trinajstić information content (AvgIpc) is 3.00. The summed E-state index contributed by atoms with van der Waals surface area (Å²) in [6.07, 6.45) is 1.49. The molecule has 0 saturated heterocycles. The molecule has 0 aliphatic carbocycles. The number of carbonyl (C=O) groups is 2. The number of benzene rings is 1. The normalized spacial score (nSPS) is 11.1. The van der Waals surface area contributed by atoms with Crippen LogP contribution in [0.15, 0.2) is 29.8 Å². The minimum Gasteiger partial charge on any atom is -0.491 e. The van der Waals surface area contributed by atoms with Crippen molar-refractivity contribution in [3.05, 3.63) is 57.9 Å². The minimum absolute atomic E-state index is 0.0567. The molecule has 1 aromatic heterocycles. The number of H-pyrrole nitrogens is 1. The predicted molar refractivity (Wildman–Crippen MR) is 108 cm³/mol. The lowest BCUT2D eigenvalue weighted by molar-refractivity contribution is 0.0525. The highest BCUT2D eigenvalue weighted by Gasteiger charge is 2.24. The molecule has 29 heavy (non-hydrogen) atoms. The zero-order valence-electron chi connectivity index (χ0n) is 17.0.